The Kier molecular flexibility index (Phi) is 4.50. The van der Waals surface area contributed by atoms with Crippen LogP contribution in [0, 0.1) is 6.92 Å². The molecule has 0 saturated carbocycles. The SMILES string of the molecule is CNCc1c(C)nn(C)c1Oc1cc(Br)ccc1Cl. The molecule has 0 spiro atoms. The van der Waals surface area contributed by atoms with Crippen molar-refractivity contribution in [2.45, 2.75) is 13.5 Å². The summed E-state index contributed by atoms with van der Waals surface area (Å²) in [6.07, 6.45) is 0. The monoisotopic (exact) mass is 343 g/mol. The first-order valence-corrected chi connectivity index (χ1v) is 7.00. The lowest BCUT2D eigenvalue weighted by molar-refractivity contribution is 0.424. The molecule has 2 rings (SSSR count). The van der Waals surface area contributed by atoms with Crippen molar-refractivity contribution in [3.8, 4) is 11.6 Å². The molecule has 102 valence electrons. The molecule has 0 fully saturated rings. The summed E-state index contributed by atoms with van der Waals surface area (Å²) in [7, 11) is 3.75. The fraction of sp³-hybridized carbons (Fsp3) is 0.308. The summed E-state index contributed by atoms with van der Waals surface area (Å²) in [5, 5.41) is 8.06. The molecule has 1 aromatic heterocycles. The number of aryl methyl sites for hydroxylation is 2. The molecule has 1 heterocycles. The Morgan fingerprint density at radius 1 is 1.47 bits per heavy atom. The van der Waals surface area contributed by atoms with E-state index in [0.29, 0.717) is 23.2 Å². The molecule has 0 saturated heterocycles. The lowest BCUT2D eigenvalue weighted by Crippen LogP contribution is -2.07. The molecule has 0 amide bonds. The molecule has 1 aromatic carbocycles. The average molecular weight is 345 g/mol. The van der Waals surface area contributed by atoms with Crippen LogP contribution in [-0.4, -0.2) is 16.8 Å². The molecule has 2 aromatic rings. The van der Waals surface area contributed by atoms with Crippen molar-refractivity contribution in [2.75, 3.05) is 7.05 Å². The molecular weight excluding hydrogens is 330 g/mol. The number of nitrogens with zero attached hydrogens (tertiary/aromatic N) is 2. The fourth-order valence-corrected chi connectivity index (χ4v) is 2.34. The van der Waals surface area contributed by atoms with Crippen LogP contribution in [0.25, 0.3) is 0 Å². The zero-order valence-corrected chi connectivity index (χ0v) is 13.3. The minimum Gasteiger partial charge on any atom is -0.437 e. The van der Waals surface area contributed by atoms with Gasteiger partial charge in [0.15, 0.2) is 0 Å². The van der Waals surface area contributed by atoms with E-state index in [4.69, 9.17) is 16.3 Å². The molecule has 0 bridgehead atoms. The standard InChI is InChI=1S/C13H15BrClN3O/c1-8-10(7-16-2)13(18(3)17-8)19-12-6-9(14)4-5-11(12)15/h4-6,16H,7H2,1-3H3. The third kappa shape index (κ3) is 3.11. The largest absolute Gasteiger partial charge is 0.437 e. The average Bonchev–Trinajstić information content (AvgIpc) is 2.61. The number of halogens is 2. The zero-order valence-electron chi connectivity index (χ0n) is 11.0. The second kappa shape index (κ2) is 5.94. The highest BCUT2D eigenvalue weighted by molar-refractivity contribution is 9.10. The Morgan fingerprint density at radius 3 is 2.89 bits per heavy atom. The van der Waals surface area contributed by atoms with Crippen LogP contribution in [-0.2, 0) is 13.6 Å². The molecule has 0 aliphatic rings. The maximum atomic E-state index is 6.14. The van der Waals surface area contributed by atoms with Gasteiger partial charge in [-0.1, -0.05) is 27.5 Å². The van der Waals surface area contributed by atoms with Gasteiger partial charge in [0.05, 0.1) is 16.3 Å². The Labute approximate surface area is 125 Å². The molecule has 1 N–H and O–H groups in total. The van der Waals surface area contributed by atoms with Crippen molar-refractivity contribution in [1.29, 1.82) is 0 Å². The first-order valence-electron chi connectivity index (χ1n) is 5.83. The molecule has 0 aliphatic carbocycles. The topological polar surface area (TPSA) is 39.1 Å². The summed E-state index contributed by atoms with van der Waals surface area (Å²) in [5.74, 6) is 1.31. The van der Waals surface area contributed by atoms with E-state index in [1.165, 1.54) is 0 Å². The Morgan fingerprint density at radius 2 is 2.21 bits per heavy atom. The predicted molar refractivity (Wildman–Crippen MR) is 79.9 cm³/mol. The van der Waals surface area contributed by atoms with Gasteiger partial charge in [-0.3, -0.25) is 0 Å². The van der Waals surface area contributed by atoms with Gasteiger partial charge < -0.3 is 10.1 Å². The minimum absolute atomic E-state index is 0.567. The summed E-state index contributed by atoms with van der Waals surface area (Å²) < 4.78 is 8.56. The van der Waals surface area contributed by atoms with Crippen LogP contribution in [0.1, 0.15) is 11.3 Å². The summed E-state index contributed by atoms with van der Waals surface area (Å²) in [5.41, 5.74) is 1.97. The normalized spacial score (nSPS) is 10.8. The molecule has 6 heteroatoms. The predicted octanol–water partition coefficient (Wildman–Crippen LogP) is 3.66. The fourth-order valence-electron chi connectivity index (χ4n) is 1.85. The number of aromatic nitrogens is 2. The van der Waals surface area contributed by atoms with Gasteiger partial charge in [-0.05, 0) is 32.2 Å². The van der Waals surface area contributed by atoms with Crippen molar-refractivity contribution in [3.05, 3.63) is 39.0 Å². The first kappa shape index (κ1) is 14.4. The Balaban J connectivity index is 2.40. The molecular formula is C13H15BrClN3O. The zero-order chi connectivity index (χ0) is 14.0. The van der Waals surface area contributed by atoms with Crippen LogP contribution >= 0.6 is 27.5 Å². The molecule has 0 unspecified atom stereocenters. The number of benzene rings is 1. The highest BCUT2D eigenvalue weighted by Crippen LogP contribution is 2.34. The van der Waals surface area contributed by atoms with E-state index in [9.17, 15) is 0 Å². The van der Waals surface area contributed by atoms with E-state index >= 15 is 0 Å². The second-order valence-electron chi connectivity index (χ2n) is 4.20. The Bertz CT molecular complexity index is 598. The summed E-state index contributed by atoms with van der Waals surface area (Å²) >= 11 is 9.55. The minimum atomic E-state index is 0.567. The van der Waals surface area contributed by atoms with E-state index < -0.39 is 0 Å². The van der Waals surface area contributed by atoms with Gasteiger partial charge in [-0.15, -0.1) is 0 Å². The van der Waals surface area contributed by atoms with Crippen molar-refractivity contribution >= 4 is 27.5 Å². The van der Waals surface area contributed by atoms with Crippen molar-refractivity contribution < 1.29 is 4.74 Å². The third-order valence-electron chi connectivity index (χ3n) is 2.74. The number of hydrogen-bond acceptors (Lipinski definition) is 3. The maximum Gasteiger partial charge on any atom is 0.222 e. The second-order valence-corrected chi connectivity index (χ2v) is 5.52. The number of hydrogen-bond donors (Lipinski definition) is 1. The smallest absolute Gasteiger partial charge is 0.222 e. The van der Waals surface area contributed by atoms with Crippen LogP contribution in [0.15, 0.2) is 22.7 Å². The van der Waals surface area contributed by atoms with Gasteiger partial charge in [0, 0.05) is 18.1 Å². The van der Waals surface area contributed by atoms with Gasteiger partial charge in [0.1, 0.15) is 5.75 Å². The van der Waals surface area contributed by atoms with E-state index in [1.807, 2.05) is 33.2 Å². The Hall–Kier alpha value is -1.04. The maximum absolute atomic E-state index is 6.14. The van der Waals surface area contributed by atoms with Crippen LogP contribution in [0.3, 0.4) is 0 Å². The van der Waals surface area contributed by atoms with Crippen LogP contribution in [0.2, 0.25) is 5.02 Å². The molecule has 0 radical (unpaired) electrons. The van der Waals surface area contributed by atoms with Gasteiger partial charge in [0.25, 0.3) is 0 Å². The van der Waals surface area contributed by atoms with Gasteiger partial charge in [-0.2, -0.15) is 5.10 Å². The molecule has 4 nitrogen and oxygen atoms in total. The van der Waals surface area contributed by atoms with E-state index in [0.717, 1.165) is 15.7 Å². The van der Waals surface area contributed by atoms with E-state index in [2.05, 4.69) is 26.3 Å². The quantitative estimate of drug-likeness (QED) is 0.920. The van der Waals surface area contributed by atoms with Crippen LogP contribution in [0.4, 0.5) is 0 Å². The lowest BCUT2D eigenvalue weighted by Gasteiger charge is -2.10. The van der Waals surface area contributed by atoms with E-state index in [1.54, 1.807) is 10.7 Å². The molecule has 0 aliphatic heterocycles. The van der Waals surface area contributed by atoms with Crippen molar-refractivity contribution in [1.82, 2.24) is 15.1 Å². The first-order chi connectivity index (χ1) is 9.02. The number of ether oxygens (including phenoxy) is 1. The van der Waals surface area contributed by atoms with Crippen molar-refractivity contribution in [2.24, 2.45) is 7.05 Å². The van der Waals surface area contributed by atoms with Crippen molar-refractivity contribution in [3.63, 3.8) is 0 Å². The number of rotatable bonds is 4. The molecule has 19 heavy (non-hydrogen) atoms. The highest BCUT2D eigenvalue weighted by atomic mass is 79.9. The highest BCUT2D eigenvalue weighted by Gasteiger charge is 2.16. The summed E-state index contributed by atoms with van der Waals surface area (Å²) in [4.78, 5) is 0. The number of nitrogens with one attached hydrogen (secondary N) is 1. The summed E-state index contributed by atoms with van der Waals surface area (Å²) in [6.45, 7) is 2.66. The van der Waals surface area contributed by atoms with Crippen LogP contribution in [0.5, 0.6) is 11.6 Å². The van der Waals surface area contributed by atoms with Gasteiger partial charge >= 0.3 is 0 Å². The summed E-state index contributed by atoms with van der Waals surface area (Å²) in [6, 6.07) is 5.51. The van der Waals surface area contributed by atoms with E-state index in [-0.39, 0.29) is 0 Å². The van der Waals surface area contributed by atoms with Gasteiger partial charge in [-0.25, -0.2) is 4.68 Å². The third-order valence-corrected chi connectivity index (χ3v) is 3.55. The molecule has 0 atom stereocenters. The van der Waals surface area contributed by atoms with Gasteiger partial charge in [0.2, 0.25) is 5.88 Å². The van der Waals surface area contributed by atoms with Crippen LogP contribution < -0.4 is 10.1 Å². The lowest BCUT2D eigenvalue weighted by atomic mass is 10.2.